The number of aryl methyl sites for hydroxylation is 3. The fourth-order valence-corrected chi connectivity index (χ4v) is 5.60. The minimum atomic E-state index is -0.256. The van der Waals surface area contributed by atoms with E-state index in [1.54, 1.807) is 33.8 Å². The summed E-state index contributed by atoms with van der Waals surface area (Å²) in [5.74, 6) is -0.256. The molecule has 0 unspecified atom stereocenters. The van der Waals surface area contributed by atoms with E-state index in [9.17, 15) is 4.39 Å². The zero-order valence-corrected chi connectivity index (χ0v) is 18.6. The maximum atomic E-state index is 13.7. The van der Waals surface area contributed by atoms with E-state index in [0.29, 0.717) is 5.25 Å². The summed E-state index contributed by atoms with van der Waals surface area (Å²) >= 11 is 3.40. The first-order valence-corrected chi connectivity index (χ1v) is 11.0. The van der Waals surface area contributed by atoms with Gasteiger partial charge in [-0.2, -0.15) is 10.2 Å². The first-order chi connectivity index (χ1) is 13.8. The molecule has 0 bridgehead atoms. The van der Waals surface area contributed by atoms with Gasteiger partial charge in [0.15, 0.2) is 0 Å². The van der Waals surface area contributed by atoms with E-state index < -0.39 is 0 Å². The molecule has 0 radical (unpaired) electrons. The van der Waals surface area contributed by atoms with E-state index in [0.717, 1.165) is 43.2 Å². The third-order valence-corrected chi connectivity index (χ3v) is 6.66. The van der Waals surface area contributed by atoms with Crippen molar-refractivity contribution in [3.05, 3.63) is 53.7 Å². The van der Waals surface area contributed by atoms with Crippen molar-refractivity contribution in [2.45, 2.75) is 37.2 Å². The van der Waals surface area contributed by atoms with Crippen molar-refractivity contribution < 1.29 is 4.39 Å². The second-order valence-corrected chi connectivity index (χ2v) is 10.00. The van der Waals surface area contributed by atoms with Gasteiger partial charge in [-0.25, -0.2) is 14.1 Å². The van der Waals surface area contributed by atoms with Gasteiger partial charge in [-0.15, -0.1) is 11.8 Å². The van der Waals surface area contributed by atoms with E-state index in [4.69, 9.17) is 4.98 Å². The van der Waals surface area contributed by atoms with Crippen LogP contribution in [0.4, 0.5) is 4.39 Å². The molecule has 0 spiro atoms. The summed E-state index contributed by atoms with van der Waals surface area (Å²) in [4.78, 5) is 4.91. The molecule has 0 atom stereocenters. The Kier molecular flexibility index (Phi) is 5.31. The summed E-state index contributed by atoms with van der Waals surface area (Å²) in [6.07, 6.45) is 1.92. The summed E-state index contributed by atoms with van der Waals surface area (Å²) in [6, 6.07) is 8.63. The van der Waals surface area contributed by atoms with Gasteiger partial charge in [-0.3, -0.25) is 4.68 Å². The number of halogens is 1. The van der Waals surface area contributed by atoms with E-state index in [2.05, 4.69) is 30.1 Å². The molecule has 29 heavy (non-hydrogen) atoms. The van der Waals surface area contributed by atoms with Gasteiger partial charge >= 0.3 is 0 Å². The second-order valence-electron chi connectivity index (χ2n) is 7.18. The summed E-state index contributed by atoms with van der Waals surface area (Å²) in [7, 11) is 1.94. The number of nitrogens with zero attached hydrogens (tertiary/aromatic N) is 5. The highest BCUT2D eigenvalue weighted by Gasteiger charge is 2.20. The smallest absolute Gasteiger partial charge is 0.212 e. The fourth-order valence-electron chi connectivity index (χ4n) is 3.18. The summed E-state index contributed by atoms with van der Waals surface area (Å²) in [5.41, 5.74) is 5.41. The number of thiazole rings is 1. The molecule has 4 aromatic rings. The summed E-state index contributed by atoms with van der Waals surface area (Å²) < 4.78 is 18.5. The van der Waals surface area contributed by atoms with Crippen molar-refractivity contribution in [2.75, 3.05) is 0 Å². The van der Waals surface area contributed by atoms with Crippen LogP contribution in [-0.2, 0) is 7.05 Å². The van der Waals surface area contributed by atoms with Crippen molar-refractivity contribution in [1.82, 2.24) is 24.5 Å². The zero-order chi connectivity index (χ0) is 20.7. The highest BCUT2D eigenvalue weighted by atomic mass is 32.2. The van der Waals surface area contributed by atoms with Crippen LogP contribution in [0, 0.1) is 19.7 Å². The van der Waals surface area contributed by atoms with Crippen molar-refractivity contribution in [2.24, 2.45) is 7.05 Å². The Balaban J connectivity index is 1.80. The molecule has 4 rings (SSSR count). The molecule has 0 aliphatic rings. The summed E-state index contributed by atoms with van der Waals surface area (Å²) in [6.45, 7) is 8.25. The predicted octanol–water partition coefficient (Wildman–Crippen LogP) is 5.65. The number of aromatic nitrogens is 5. The third-order valence-electron chi connectivity index (χ3n) is 4.40. The Hall–Kier alpha value is -2.45. The van der Waals surface area contributed by atoms with Gasteiger partial charge in [0, 0.05) is 24.1 Å². The molecule has 0 amide bonds. The average Bonchev–Trinajstić information content (AvgIpc) is 3.31. The van der Waals surface area contributed by atoms with E-state index in [1.807, 2.05) is 37.8 Å². The number of hydrogen-bond acceptors (Lipinski definition) is 5. The SMILES string of the molecule is Cc1cc(-c2nc(-n3cc(-c4cccc(F)c4)c(C)n3)sc2SC(C)C)n(C)n1. The van der Waals surface area contributed by atoms with Crippen LogP contribution in [-0.4, -0.2) is 29.8 Å². The maximum absolute atomic E-state index is 13.7. The highest BCUT2D eigenvalue weighted by molar-refractivity contribution is 8.01. The minimum Gasteiger partial charge on any atom is -0.266 e. The van der Waals surface area contributed by atoms with Gasteiger partial charge in [-0.1, -0.05) is 37.3 Å². The van der Waals surface area contributed by atoms with Crippen molar-refractivity contribution in [3.63, 3.8) is 0 Å². The Morgan fingerprint density at radius 2 is 1.93 bits per heavy atom. The van der Waals surface area contributed by atoms with Gasteiger partial charge in [0.1, 0.15) is 11.5 Å². The minimum absolute atomic E-state index is 0.256. The van der Waals surface area contributed by atoms with Gasteiger partial charge in [0.05, 0.1) is 21.3 Å². The highest BCUT2D eigenvalue weighted by Crippen LogP contribution is 2.40. The van der Waals surface area contributed by atoms with Gasteiger partial charge < -0.3 is 0 Å². The first kappa shape index (κ1) is 19.8. The van der Waals surface area contributed by atoms with Crippen molar-refractivity contribution in [1.29, 1.82) is 0 Å². The van der Waals surface area contributed by atoms with Crippen LogP contribution in [0.5, 0.6) is 0 Å². The van der Waals surface area contributed by atoms with Crippen molar-refractivity contribution >= 4 is 23.1 Å². The summed E-state index contributed by atoms with van der Waals surface area (Å²) in [5, 5.41) is 10.3. The number of rotatable bonds is 5. The van der Waals surface area contributed by atoms with E-state index >= 15 is 0 Å². The Labute approximate surface area is 177 Å². The molecule has 0 N–H and O–H groups in total. The largest absolute Gasteiger partial charge is 0.266 e. The first-order valence-electron chi connectivity index (χ1n) is 9.33. The molecule has 0 saturated carbocycles. The lowest BCUT2D eigenvalue weighted by Crippen LogP contribution is -1.97. The Morgan fingerprint density at radius 1 is 1.14 bits per heavy atom. The number of thioether (sulfide) groups is 1. The lowest BCUT2D eigenvalue weighted by molar-refractivity contribution is 0.628. The maximum Gasteiger partial charge on any atom is 0.212 e. The predicted molar refractivity (Wildman–Crippen MR) is 117 cm³/mol. The van der Waals surface area contributed by atoms with Crippen LogP contribution < -0.4 is 0 Å². The second kappa shape index (κ2) is 7.76. The quantitative estimate of drug-likeness (QED) is 0.386. The van der Waals surface area contributed by atoms with E-state index in [1.165, 1.54) is 12.1 Å². The standard InChI is InChI=1S/C21H22FN5S2/c1-12(2)28-20-19(18-9-13(3)24-26(18)5)23-21(29-20)27-11-17(14(4)25-27)15-7-6-8-16(22)10-15/h6-12H,1-5H3. The van der Waals surface area contributed by atoms with Crippen LogP contribution >= 0.6 is 23.1 Å². The van der Waals surface area contributed by atoms with Crippen LogP contribution in [0.2, 0.25) is 0 Å². The Morgan fingerprint density at radius 3 is 2.59 bits per heavy atom. The normalized spacial score (nSPS) is 11.6. The van der Waals surface area contributed by atoms with Crippen molar-refractivity contribution in [3.8, 4) is 27.6 Å². The molecule has 150 valence electrons. The molecule has 1 aromatic carbocycles. The number of benzene rings is 1. The van der Waals surface area contributed by atoms with Gasteiger partial charge in [-0.05, 0) is 37.6 Å². The third kappa shape index (κ3) is 4.00. The molecule has 8 heteroatoms. The molecule has 5 nitrogen and oxygen atoms in total. The Bertz CT molecular complexity index is 1170. The lowest BCUT2D eigenvalue weighted by Gasteiger charge is -2.04. The fraction of sp³-hybridized carbons (Fsp3) is 0.286. The number of hydrogen-bond donors (Lipinski definition) is 0. The zero-order valence-electron chi connectivity index (χ0n) is 17.0. The van der Waals surface area contributed by atoms with Gasteiger partial charge in [0.25, 0.3) is 0 Å². The molecule has 3 heterocycles. The topological polar surface area (TPSA) is 48.5 Å². The molecular weight excluding hydrogens is 405 g/mol. The average molecular weight is 428 g/mol. The molecule has 0 aliphatic carbocycles. The molecule has 3 aromatic heterocycles. The van der Waals surface area contributed by atoms with Crippen LogP contribution in [0.25, 0.3) is 27.6 Å². The molecule has 0 fully saturated rings. The monoisotopic (exact) mass is 427 g/mol. The van der Waals surface area contributed by atoms with Crippen LogP contribution in [0.1, 0.15) is 25.2 Å². The van der Waals surface area contributed by atoms with E-state index in [-0.39, 0.29) is 5.82 Å². The molecular formula is C21H22FN5S2. The molecule has 0 aliphatic heterocycles. The van der Waals surface area contributed by atoms with Crippen LogP contribution in [0.3, 0.4) is 0 Å². The van der Waals surface area contributed by atoms with Crippen LogP contribution in [0.15, 0.2) is 40.7 Å². The molecule has 0 saturated heterocycles. The van der Waals surface area contributed by atoms with Gasteiger partial charge in [0.2, 0.25) is 5.13 Å². The lowest BCUT2D eigenvalue weighted by atomic mass is 10.1.